The molecule has 0 spiro atoms. The second-order valence-electron chi connectivity index (χ2n) is 23.0. The summed E-state index contributed by atoms with van der Waals surface area (Å²) in [4.78, 5) is 47.3. The van der Waals surface area contributed by atoms with E-state index < -0.39 is 11.9 Å². The Morgan fingerprint density at radius 1 is 0.644 bits per heavy atom. The fourth-order valence-corrected chi connectivity index (χ4v) is 8.68. The second-order valence-corrected chi connectivity index (χ2v) is 23.0. The number of fused-ring (bicyclic) bond motifs is 1. The lowest BCUT2D eigenvalue weighted by Gasteiger charge is -2.33. The summed E-state index contributed by atoms with van der Waals surface area (Å²) in [6.45, 7) is 40.1. The highest BCUT2D eigenvalue weighted by molar-refractivity contribution is 5.87. The largest absolute Gasteiger partial charge is 0.368 e. The van der Waals surface area contributed by atoms with E-state index in [0.29, 0.717) is 24.2 Å². The Hall–Kier alpha value is -4.54. The number of hydrogen-bond acceptors (Lipinski definition) is 6. The van der Waals surface area contributed by atoms with Crippen LogP contribution in [0.3, 0.4) is 0 Å². The smallest absolute Gasteiger partial charge is 0.240 e. The summed E-state index contributed by atoms with van der Waals surface area (Å²) in [5, 5.41) is 5.64. The van der Waals surface area contributed by atoms with Gasteiger partial charge in [-0.2, -0.15) is 0 Å². The number of amides is 3. The van der Waals surface area contributed by atoms with Crippen molar-refractivity contribution in [1.29, 1.82) is 0 Å². The number of piperidine rings is 1. The first kappa shape index (κ1) is 66.5. The van der Waals surface area contributed by atoms with Gasteiger partial charge in [-0.25, -0.2) is 4.98 Å². The Kier molecular flexibility index (Phi) is 33.2. The highest BCUT2D eigenvalue weighted by atomic mass is 16.2. The molecule has 0 unspecified atom stereocenters. The molecule has 412 valence electrons. The van der Waals surface area contributed by atoms with Crippen LogP contribution in [-0.4, -0.2) is 76.3 Å². The van der Waals surface area contributed by atoms with Gasteiger partial charge >= 0.3 is 0 Å². The lowest BCUT2D eigenvalue weighted by atomic mass is 9.86. The number of primary amides is 1. The number of unbranched alkanes of at least 4 members (excludes halogenated alkanes) is 1. The molecule has 2 aliphatic rings. The molecule has 3 amide bonds. The molecular weight excluding hydrogens is 903 g/mol. The average Bonchev–Trinajstić information content (AvgIpc) is 3.99. The maximum absolute atomic E-state index is 11.8. The zero-order chi connectivity index (χ0) is 53.8. The molecule has 10 heteroatoms. The highest BCUT2D eigenvalue weighted by Crippen LogP contribution is 2.26. The number of carbonyl (C=O) groups is 3. The van der Waals surface area contributed by atoms with Gasteiger partial charge in [0.15, 0.2) is 0 Å². The Morgan fingerprint density at radius 3 is 1.58 bits per heavy atom. The zero-order valence-electron chi connectivity index (χ0n) is 48.0. The number of para-hydroxylation sites is 2. The van der Waals surface area contributed by atoms with Crippen LogP contribution in [0, 0.1) is 59.2 Å². The quantitative estimate of drug-likeness (QED) is 0.0691. The van der Waals surface area contributed by atoms with Crippen LogP contribution in [0.5, 0.6) is 0 Å². The van der Waals surface area contributed by atoms with Crippen LogP contribution in [0.1, 0.15) is 167 Å². The summed E-state index contributed by atoms with van der Waals surface area (Å²) in [6.07, 6.45) is 7.97. The minimum absolute atomic E-state index is 0. The van der Waals surface area contributed by atoms with Gasteiger partial charge < -0.3 is 21.4 Å². The predicted octanol–water partition coefficient (Wildman–Crippen LogP) is 13.6. The maximum atomic E-state index is 11.8. The highest BCUT2D eigenvalue weighted by Gasteiger charge is 2.26. The fourth-order valence-electron chi connectivity index (χ4n) is 8.68. The maximum Gasteiger partial charge on any atom is 0.240 e. The Balaban J connectivity index is 0.000000457. The molecule has 0 aliphatic carbocycles. The summed E-state index contributed by atoms with van der Waals surface area (Å²) in [5.74, 6) is 6.00. The van der Waals surface area contributed by atoms with E-state index in [1.54, 1.807) is 0 Å². The van der Waals surface area contributed by atoms with Gasteiger partial charge in [0.2, 0.25) is 17.7 Å². The molecule has 4 atom stereocenters. The lowest BCUT2D eigenvalue weighted by molar-refractivity contribution is -0.130. The first-order valence-corrected chi connectivity index (χ1v) is 27.9. The second kappa shape index (κ2) is 36.4. The minimum Gasteiger partial charge on any atom is -0.368 e. The standard InChI is InChI=1S/C15H23N.C14H21N.C12H24N2O2.C11H14N2.C10H21NO.CH4/c1-13(2)15-8-10-16(11-9-15)12-14-6-4-3-5-7-14;1-12(2)14-8-9-15(11-14)10-13-6-4-3-5-7-13;1-7(2)6-10(11(13)15)14-12(16)9(5)8(3)4;1-8(2)7-11-12-9-5-3-4-6-10(9)13-11;1-5-6-7-11-10(12)9(4)8(2)3;/h3-7,13,15H,8-12H2,1-2H3;3-7,12,14H,8-11H2,1-2H3;7-10H,6H2,1-5H3,(H2,13,15)(H,14,16);3-6,8H,7H2,1-2H3,(H,12,13);8-9H,5-7H2,1-4H3,(H,11,12);1H4/t;14-;9-,10+;;9-;/m.01.1./s1. The number of imidazole rings is 1. The topological polar surface area (TPSA) is 136 Å². The van der Waals surface area contributed by atoms with Crippen molar-refractivity contribution < 1.29 is 14.4 Å². The van der Waals surface area contributed by atoms with Gasteiger partial charge in [-0.1, -0.05) is 190 Å². The summed E-state index contributed by atoms with van der Waals surface area (Å²) in [7, 11) is 0. The van der Waals surface area contributed by atoms with Gasteiger partial charge in [-0.05, 0) is 122 Å². The number of nitrogens with zero attached hydrogens (tertiary/aromatic N) is 3. The Labute approximate surface area is 446 Å². The van der Waals surface area contributed by atoms with E-state index in [4.69, 9.17) is 5.73 Å². The normalized spacial score (nSPS) is 16.3. The van der Waals surface area contributed by atoms with Crippen molar-refractivity contribution in [2.45, 2.75) is 175 Å². The molecule has 5 N–H and O–H groups in total. The van der Waals surface area contributed by atoms with E-state index >= 15 is 0 Å². The van der Waals surface area contributed by atoms with Gasteiger partial charge in [-0.3, -0.25) is 24.2 Å². The van der Waals surface area contributed by atoms with Crippen molar-refractivity contribution in [2.24, 2.45) is 64.9 Å². The van der Waals surface area contributed by atoms with Crippen LogP contribution in [0.4, 0.5) is 0 Å². The predicted molar refractivity (Wildman–Crippen MR) is 312 cm³/mol. The number of likely N-dealkylation sites (tertiary alicyclic amines) is 2. The molecular formula is C63H107N7O3. The summed E-state index contributed by atoms with van der Waals surface area (Å²) < 4.78 is 0. The van der Waals surface area contributed by atoms with E-state index in [0.717, 1.165) is 79.4 Å². The third-order valence-electron chi connectivity index (χ3n) is 14.4. The van der Waals surface area contributed by atoms with Crippen molar-refractivity contribution in [2.75, 3.05) is 32.7 Å². The summed E-state index contributed by atoms with van der Waals surface area (Å²) in [6, 6.07) is 29.2. The molecule has 0 radical (unpaired) electrons. The van der Waals surface area contributed by atoms with Gasteiger partial charge in [0.25, 0.3) is 0 Å². The van der Waals surface area contributed by atoms with E-state index in [-0.39, 0.29) is 37.0 Å². The van der Waals surface area contributed by atoms with Crippen LogP contribution in [-0.2, 0) is 33.9 Å². The fraction of sp³-hybridized carbons (Fsp3) is 0.651. The Morgan fingerprint density at radius 2 is 1.12 bits per heavy atom. The van der Waals surface area contributed by atoms with E-state index in [2.05, 4.69) is 159 Å². The van der Waals surface area contributed by atoms with Gasteiger partial charge in [0.05, 0.1) is 11.0 Å². The minimum atomic E-state index is -0.548. The van der Waals surface area contributed by atoms with Gasteiger partial charge in [0.1, 0.15) is 11.9 Å². The molecule has 0 bridgehead atoms. The number of hydrogen-bond donors (Lipinski definition) is 4. The molecule has 1 aromatic heterocycles. The monoisotopic (exact) mass is 1010 g/mol. The molecule has 2 saturated heterocycles. The summed E-state index contributed by atoms with van der Waals surface area (Å²) >= 11 is 0. The molecule has 2 aliphatic heterocycles. The van der Waals surface area contributed by atoms with E-state index in [1.165, 1.54) is 56.6 Å². The molecule has 3 heterocycles. The number of nitrogens with two attached hydrogens (primary N) is 1. The number of benzene rings is 3. The lowest BCUT2D eigenvalue weighted by Crippen LogP contribution is -2.47. The summed E-state index contributed by atoms with van der Waals surface area (Å²) in [5.41, 5.74) is 10.4. The first-order valence-electron chi connectivity index (χ1n) is 27.9. The number of H-pyrrole nitrogens is 1. The number of aromatic nitrogens is 2. The number of nitrogens with one attached hydrogen (secondary N) is 3. The van der Waals surface area contributed by atoms with Crippen molar-refractivity contribution in [3.05, 3.63) is 102 Å². The molecule has 10 nitrogen and oxygen atoms in total. The van der Waals surface area contributed by atoms with Crippen LogP contribution in [0.15, 0.2) is 84.9 Å². The number of rotatable bonds is 19. The van der Waals surface area contributed by atoms with Crippen molar-refractivity contribution in [1.82, 2.24) is 30.4 Å². The Bertz CT molecular complexity index is 2010. The van der Waals surface area contributed by atoms with Crippen LogP contribution in [0.2, 0.25) is 0 Å². The van der Waals surface area contributed by atoms with Crippen LogP contribution >= 0.6 is 0 Å². The van der Waals surface area contributed by atoms with Crippen molar-refractivity contribution in [3.8, 4) is 0 Å². The van der Waals surface area contributed by atoms with Crippen LogP contribution in [0.25, 0.3) is 11.0 Å². The number of aromatic amines is 1. The van der Waals surface area contributed by atoms with E-state index in [1.807, 2.05) is 59.7 Å². The van der Waals surface area contributed by atoms with Crippen LogP contribution < -0.4 is 16.4 Å². The molecule has 0 saturated carbocycles. The molecule has 3 aromatic carbocycles. The molecule has 4 aromatic rings. The third kappa shape index (κ3) is 27.5. The third-order valence-corrected chi connectivity index (χ3v) is 14.4. The van der Waals surface area contributed by atoms with Gasteiger partial charge in [0, 0.05) is 44.4 Å². The van der Waals surface area contributed by atoms with Gasteiger partial charge in [-0.15, -0.1) is 0 Å². The molecule has 6 rings (SSSR count). The van der Waals surface area contributed by atoms with Crippen molar-refractivity contribution >= 4 is 28.8 Å². The zero-order valence-corrected chi connectivity index (χ0v) is 48.0. The molecule has 73 heavy (non-hydrogen) atoms. The molecule has 2 fully saturated rings. The SMILES string of the molecule is C.CC(C)C1CCN(Cc2ccccc2)CC1.CC(C)C[C@H](NC(=O)[C@H](C)C(C)C)C(N)=O.CC(C)Cc1nc2ccccc2[nH]1.CC(C)[C@H]1CCN(Cc2ccccc2)C1.CCCCNC(=O)[C@H](C)C(C)C. The first-order chi connectivity index (χ1) is 34.1. The van der Waals surface area contributed by atoms with Crippen molar-refractivity contribution in [3.63, 3.8) is 0 Å². The number of carbonyl (C=O) groups excluding carboxylic acids is 3. The average molecular weight is 1010 g/mol. The van der Waals surface area contributed by atoms with E-state index in [9.17, 15) is 14.4 Å².